The second kappa shape index (κ2) is 47.2. The zero-order chi connectivity index (χ0) is 114. The summed E-state index contributed by atoms with van der Waals surface area (Å²) in [5.74, 6) is -15.3. The molecule has 0 radical (unpaired) electrons. The molecule has 12 rings (SSSR count). The molecule has 0 aliphatic carbocycles. The number of amides is 2. The van der Waals surface area contributed by atoms with Crippen molar-refractivity contribution in [3.05, 3.63) is 152 Å². The van der Waals surface area contributed by atoms with Crippen molar-refractivity contribution >= 4 is 91.4 Å². The van der Waals surface area contributed by atoms with Crippen LogP contribution in [0.2, 0.25) is 0 Å². The van der Waals surface area contributed by atoms with Crippen molar-refractivity contribution < 1.29 is 203 Å². The Morgan fingerprint density at radius 3 is 1.35 bits per heavy atom. The minimum atomic E-state index is -5.92. The Hall–Kier alpha value is -10.5. The van der Waals surface area contributed by atoms with Gasteiger partial charge in [0.1, 0.15) is 122 Å². The number of para-hydroxylation sites is 1. The summed E-state index contributed by atoms with van der Waals surface area (Å²) in [6.07, 6.45) is 0.340. The van der Waals surface area contributed by atoms with E-state index in [1.54, 1.807) is 65.7 Å². The number of imidazole rings is 1. The number of hydrogen-bond acceptors (Lipinski definition) is 45. The van der Waals surface area contributed by atoms with Crippen molar-refractivity contribution in [3.63, 3.8) is 0 Å². The molecule has 834 valence electrons. The molecule has 68 heteroatoms. The minimum absolute atomic E-state index is 0.0610. The van der Waals surface area contributed by atoms with E-state index in [0.29, 0.717) is 4.90 Å². The van der Waals surface area contributed by atoms with Gasteiger partial charge in [-0.15, -0.1) is 12.8 Å². The highest BCUT2D eigenvalue weighted by atomic mass is 31.3. The number of alkyl halides is 7. The molecule has 150 heavy (non-hydrogen) atoms. The van der Waals surface area contributed by atoms with Gasteiger partial charge in [0, 0.05) is 37.0 Å². The number of aliphatic imine (C=N–C) groups is 2. The van der Waals surface area contributed by atoms with Crippen LogP contribution in [0.4, 0.5) is 30.7 Å². The average Bonchev–Trinajstić information content (AvgIpc) is 1.55. The highest BCUT2D eigenvalue weighted by molar-refractivity contribution is 7.66. The fraction of sp³-hybridized carbons (Fsp3) is 0.537. The van der Waals surface area contributed by atoms with E-state index >= 15 is 17.6 Å². The predicted octanol–water partition coefficient (Wildman–Crippen LogP) is -0.0759. The summed E-state index contributed by atoms with van der Waals surface area (Å²) in [4.78, 5) is 130. The van der Waals surface area contributed by atoms with Gasteiger partial charge >= 0.3 is 56.8 Å². The summed E-state index contributed by atoms with van der Waals surface area (Å²) in [5.41, 5.74) is 10.7. The molecule has 9 aliphatic rings. The lowest BCUT2D eigenvalue weighted by Crippen LogP contribution is -2.59. The van der Waals surface area contributed by atoms with Gasteiger partial charge < -0.3 is 161 Å². The third kappa shape index (κ3) is 28.7. The van der Waals surface area contributed by atoms with Gasteiger partial charge in [-0.25, -0.2) is 79.1 Å². The maximum Gasteiger partial charge on any atom is 0.490 e. The fourth-order valence-corrected chi connectivity index (χ4v) is 20.8. The van der Waals surface area contributed by atoms with Gasteiger partial charge in [0.25, 0.3) is 46.6 Å². The van der Waals surface area contributed by atoms with E-state index in [1.165, 1.54) is 100 Å². The number of halogens is 7. The van der Waals surface area contributed by atoms with Gasteiger partial charge in [0.2, 0.25) is 11.3 Å². The summed E-state index contributed by atoms with van der Waals surface area (Å²) in [6, 6.07) is 4.29. The topological polar surface area (TPSA) is 808 Å². The minimum Gasteiger partial charge on any atom is -0.462 e. The largest absolute Gasteiger partial charge is 0.490 e. The molecule has 2 amide bonds. The molecular formula is C82H115F7N19O37P5. The van der Waals surface area contributed by atoms with Gasteiger partial charge in [-0.1, -0.05) is 56.4 Å². The molecule has 26 N–H and O–H groups in total. The van der Waals surface area contributed by atoms with Crippen LogP contribution in [-0.4, -0.2) is 323 Å². The number of benzene rings is 1. The Morgan fingerprint density at radius 1 is 0.533 bits per heavy atom. The number of aromatic nitrogens is 4. The van der Waals surface area contributed by atoms with Crippen LogP contribution in [0.15, 0.2) is 150 Å². The van der Waals surface area contributed by atoms with E-state index in [0.717, 1.165) is 41.1 Å². The molecular weight excluding hydrogens is 2130 g/mol. The number of fused-ring (bicyclic) bond motifs is 1. The Kier molecular flexibility index (Phi) is 39.2. The van der Waals surface area contributed by atoms with E-state index in [4.69, 9.17) is 112 Å². The van der Waals surface area contributed by atoms with Crippen LogP contribution < -0.4 is 58.9 Å². The number of phosphoric ester groups is 1. The average molecular weight is 2250 g/mol. The number of rotatable bonds is 34. The summed E-state index contributed by atoms with van der Waals surface area (Å²) in [7, 11) is -26.3. The predicted molar refractivity (Wildman–Crippen MR) is 503 cm³/mol. The first-order valence-electron chi connectivity index (χ1n) is 43.7. The van der Waals surface area contributed by atoms with E-state index in [-0.39, 0.29) is 57.7 Å². The molecule has 0 spiro atoms. The first-order valence-corrected chi connectivity index (χ1v) is 51.4. The molecule has 2 aromatic heterocycles. The number of hydrogen-bond donors (Lipinski definition) is 22. The van der Waals surface area contributed by atoms with Crippen molar-refractivity contribution in [2.45, 2.75) is 245 Å². The van der Waals surface area contributed by atoms with Crippen LogP contribution >= 0.6 is 38.9 Å². The number of phosphoric acid groups is 3. The number of H-pyrrole nitrogens is 1. The van der Waals surface area contributed by atoms with Gasteiger partial charge in [-0.2, -0.15) is 13.7 Å². The molecule has 9 aliphatic heterocycles. The molecule has 5 fully saturated rings. The molecule has 5 saturated heterocycles. The van der Waals surface area contributed by atoms with Crippen molar-refractivity contribution in [3.8, 4) is 30.4 Å². The lowest BCUT2D eigenvalue weighted by molar-refractivity contribution is -0.209. The summed E-state index contributed by atoms with van der Waals surface area (Å²) < 4.78 is 236. The molecule has 0 bridgehead atoms. The maximum atomic E-state index is 16.0. The zero-order valence-corrected chi connectivity index (χ0v) is 86.1. The number of carbonyl (C=O) groups excluding carboxylic acids is 5. The van der Waals surface area contributed by atoms with Crippen LogP contribution in [0.25, 0.3) is 11.2 Å². The monoisotopic (exact) mass is 2250 g/mol. The second-order valence-electron chi connectivity index (χ2n) is 35.4. The Balaban J connectivity index is 0.000000233. The SMILES string of the molecule is C#C[C@]1(F)[C@H](N2C=CC(=O)NC2=C)O[C@](F)(COP(=O)(O)OP(=O)(O)OP(=O)(O)O)[C@H]1O.C#C[C@]1(F)[C@H](n2cnc3c(=O)[nH]c(C)nc32)O[C@](F)(CO)[C@H]1O.C=C1N=C(N)C=CN1[C@@H]1O[C@](F)(CO)[C@@H](O)[C@@]1(C)N.C=C1N=C(N)C=CN1[C@@H]1O[C@](F)(COP(=O)(NC(C)C(=O)OC(C)C)Oc2ccccc2)[C@@H](O)[C@@]1(C)N.C=C1NC(=O)C=CN1[C@@H]1O[C@](F)(COP(=O)(NC(C)C(=O)OC(C)C)NC(C)C(=O)OC(C)C)[C@@H](O)[C@@]1(C)O. The van der Waals surface area contributed by atoms with Crippen molar-refractivity contribution in [1.29, 1.82) is 0 Å². The summed E-state index contributed by atoms with van der Waals surface area (Å²) in [6.45, 7) is 27.0. The number of aryl methyl sites for hydroxylation is 1. The van der Waals surface area contributed by atoms with Crippen molar-refractivity contribution in [2.24, 2.45) is 32.9 Å². The number of aliphatic hydroxyl groups excluding tert-OH is 7. The molecule has 26 atom stereocenters. The van der Waals surface area contributed by atoms with Crippen LogP contribution in [-0.2, 0) is 107 Å². The third-order valence-corrected chi connectivity index (χ3v) is 29.2. The maximum absolute atomic E-state index is 16.0. The highest BCUT2D eigenvalue weighted by Gasteiger charge is 2.71. The van der Waals surface area contributed by atoms with Crippen LogP contribution in [0.3, 0.4) is 0 Å². The lowest BCUT2D eigenvalue weighted by atomic mass is 9.92. The number of aromatic amines is 1. The smallest absolute Gasteiger partial charge is 0.462 e. The third-order valence-electron chi connectivity index (χ3n) is 21.8. The first kappa shape index (κ1) is 125. The van der Waals surface area contributed by atoms with Gasteiger partial charge in [-0.05, 0) is 114 Å². The number of nitrogens with two attached hydrogens (primary N) is 4. The first-order chi connectivity index (χ1) is 68.8. The quantitative estimate of drug-likeness (QED) is 0.0122. The zero-order valence-electron chi connectivity index (χ0n) is 81.6. The lowest BCUT2D eigenvalue weighted by Gasteiger charge is -2.36. The number of nitrogens with one attached hydrogen (secondary N) is 6. The highest BCUT2D eigenvalue weighted by Crippen LogP contribution is 2.67. The van der Waals surface area contributed by atoms with E-state index in [2.05, 4.69) is 90.3 Å². The van der Waals surface area contributed by atoms with E-state index in [1.807, 2.05) is 0 Å². The molecule has 3 aromatic rings. The standard InChI is InChI=1S/C23H33FN5O7P.C23H38FN4O10P.C13H12F2N4O4.C12H15F2N2O13P3.C11H17FN4O3/c1-14(2)34-19(30)15(3)28-37(32,36-17-9-7-6-8-10-17)33-13-23(24)20(31)22(5,26)21(35-23)29-12-11-18(25)27-16(29)4;1-12(2)36-18(30)14(5)26-39(34,27-15(6)19(31)37-13(3)4)35-11-23(24)20(32)22(8,33)21(38-23)28-10-9-17(29)25-16(28)7;1-3-12(14)10(22)13(15,4-20)23-11(12)19-5-16-7-8(19)17-6(2)18-9(7)21;1-3-11(13)9(18)12(14,27-10(11)16-5-4-8(17)15-7(16)2)6-26-31(22,23)29-32(24,25)28-30(19,20)21;1-6-15-7(13)3-4-16(6)9-10(2,14)8(18)11(12,5-17)19-9/h6-12,14-15,20-21,31H,4,13,26H2,1-3,5H3,(H2,25,27)(H,28,32);9-10,12-15,20-21,32-33H,7,11H2,1-6,8H3,(H,25,29)(H2,26,27,34);1,5,10-11,20,22H,4H2,2H3,(H,17,18,21);1,4-5,9-10,18H,2,6H2,(H,15,17)(H,22,23)(H,24,25)(H2,19,20,21);3-4,8-9,17-18H,1,5,14H2,2H3,(H2,13,15)/t15?,20-,21+,22+,23+,37?;14?,15?,20-,21+,22+,23+,39?;10-,11+,12+,13+;9-,10+,11+,12+;8-,9+,10+,11+/m00000/s1. The molecule has 0 saturated carbocycles. The Bertz CT molecular complexity index is 6150. The van der Waals surface area contributed by atoms with Crippen molar-refractivity contribution in [1.82, 2.24) is 65.0 Å². The summed E-state index contributed by atoms with van der Waals surface area (Å²) in [5, 5.41) is 92.0. The van der Waals surface area contributed by atoms with Gasteiger partial charge in [0.15, 0.2) is 54.5 Å². The molecule has 1 aromatic carbocycles. The Labute approximate surface area is 848 Å². The Morgan fingerprint density at radius 2 is 0.913 bits per heavy atom. The molecule has 6 unspecified atom stereocenters. The number of esters is 3. The summed E-state index contributed by atoms with van der Waals surface area (Å²) >= 11 is 0. The van der Waals surface area contributed by atoms with Gasteiger partial charge in [-0.3, -0.25) is 51.5 Å². The van der Waals surface area contributed by atoms with Crippen LogP contribution in [0, 0.1) is 31.6 Å². The van der Waals surface area contributed by atoms with Crippen LogP contribution in [0.1, 0.15) is 95.1 Å². The number of nitrogens with zero attached hydrogens (tertiary/aromatic N) is 9. The number of aliphatic hydroxyl groups is 8. The molecule has 11 heterocycles. The van der Waals surface area contributed by atoms with Gasteiger partial charge in [0.05, 0.1) is 35.7 Å². The number of amidine groups is 2. The number of terminal acetylenes is 2. The molecule has 56 nitrogen and oxygen atoms in total. The number of carbonyl (C=O) groups is 5. The number of ether oxygens (including phenoxy) is 8. The van der Waals surface area contributed by atoms with E-state index in [9.17, 15) is 100 Å². The van der Waals surface area contributed by atoms with Crippen LogP contribution in [0.5, 0.6) is 5.75 Å². The van der Waals surface area contributed by atoms with E-state index < -0.39 is 263 Å². The normalized spacial score (nSPS) is 33.2. The fourth-order valence-electron chi connectivity index (χ4n) is 14.5. The second-order valence-corrected chi connectivity index (χ2v) is 43.4. The van der Waals surface area contributed by atoms with Crippen molar-refractivity contribution in [2.75, 3.05) is 33.0 Å².